The van der Waals surface area contributed by atoms with Crippen molar-refractivity contribution >= 4 is 5.82 Å². The summed E-state index contributed by atoms with van der Waals surface area (Å²) in [6, 6.07) is 3.08. The second-order valence-corrected chi connectivity index (χ2v) is 5.67. The molecule has 0 unspecified atom stereocenters. The first kappa shape index (κ1) is 15.7. The molecule has 2 aromatic heterocycles. The van der Waals surface area contributed by atoms with E-state index in [0.29, 0.717) is 25.5 Å². The number of aromatic nitrogens is 3. The smallest absolute Gasteiger partial charge is 0.360 e. The molecule has 0 saturated carbocycles. The van der Waals surface area contributed by atoms with Gasteiger partial charge in [-0.2, -0.15) is 13.2 Å². The standard InChI is InChI=1S/C14H16F3N5O/c1-9-3-11(23-20-9)7-21(2)10-5-22(6-10)13-4-12(14(15,16)17)18-8-19-13/h3-4,8,10H,5-7H2,1-2H3. The summed E-state index contributed by atoms with van der Waals surface area (Å²) >= 11 is 0. The average molecular weight is 327 g/mol. The maximum absolute atomic E-state index is 12.7. The maximum atomic E-state index is 12.7. The Hall–Kier alpha value is -2.16. The van der Waals surface area contributed by atoms with Crippen LogP contribution in [0.15, 0.2) is 23.0 Å². The zero-order valence-corrected chi connectivity index (χ0v) is 12.7. The summed E-state index contributed by atoms with van der Waals surface area (Å²) in [7, 11) is 1.95. The lowest BCUT2D eigenvalue weighted by molar-refractivity contribution is -0.141. The molecule has 9 heteroatoms. The van der Waals surface area contributed by atoms with Crippen molar-refractivity contribution in [2.75, 3.05) is 25.0 Å². The zero-order chi connectivity index (χ0) is 16.6. The molecule has 1 saturated heterocycles. The number of rotatable bonds is 4. The highest BCUT2D eigenvalue weighted by atomic mass is 19.4. The minimum atomic E-state index is -4.46. The van der Waals surface area contributed by atoms with Crippen molar-refractivity contribution in [3.63, 3.8) is 0 Å². The first-order valence-corrected chi connectivity index (χ1v) is 7.09. The molecule has 0 atom stereocenters. The molecule has 3 rings (SSSR count). The fourth-order valence-electron chi connectivity index (χ4n) is 2.46. The van der Waals surface area contributed by atoms with Crippen molar-refractivity contribution in [3.8, 4) is 0 Å². The van der Waals surface area contributed by atoms with Gasteiger partial charge < -0.3 is 9.42 Å². The predicted molar refractivity (Wildman–Crippen MR) is 75.7 cm³/mol. The Balaban J connectivity index is 1.58. The van der Waals surface area contributed by atoms with Crippen molar-refractivity contribution in [3.05, 3.63) is 35.6 Å². The van der Waals surface area contributed by atoms with Crippen LogP contribution in [0.5, 0.6) is 0 Å². The molecule has 124 valence electrons. The van der Waals surface area contributed by atoms with Crippen LogP contribution in [0.1, 0.15) is 17.1 Å². The van der Waals surface area contributed by atoms with Crippen LogP contribution in [0, 0.1) is 6.92 Å². The van der Waals surface area contributed by atoms with Gasteiger partial charge in [0.1, 0.15) is 17.8 Å². The van der Waals surface area contributed by atoms with Crippen molar-refractivity contribution < 1.29 is 17.7 Å². The molecule has 23 heavy (non-hydrogen) atoms. The lowest BCUT2D eigenvalue weighted by Crippen LogP contribution is -2.58. The number of alkyl halides is 3. The number of halogens is 3. The summed E-state index contributed by atoms with van der Waals surface area (Å²) in [6.45, 7) is 3.68. The van der Waals surface area contributed by atoms with Crippen LogP contribution < -0.4 is 4.90 Å². The molecule has 0 aromatic carbocycles. The Bertz CT molecular complexity index is 681. The van der Waals surface area contributed by atoms with E-state index in [0.717, 1.165) is 23.8 Å². The lowest BCUT2D eigenvalue weighted by Gasteiger charge is -2.44. The van der Waals surface area contributed by atoms with Crippen molar-refractivity contribution in [2.45, 2.75) is 25.7 Å². The summed E-state index contributed by atoms with van der Waals surface area (Å²) < 4.78 is 43.2. The van der Waals surface area contributed by atoms with Gasteiger partial charge in [-0.15, -0.1) is 0 Å². The molecule has 0 bridgehead atoms. The summed E-state index contributed by atoms with van der Waals surface area (Å²) in [6.07, 6.45) is -3.50. The van der Waals surface area contributed by atoms with Gasteiger partial charge in [0.2, 0.25) is 0 Å². The molecule has 0 N–H and O–H groups in total. The first-order chi connectivity index (χ1) is 10.8. The quantitative estimate of drug-likeness (QED) is 0.857. The van der Waals surface area contributed by atoms with Crippen LogP contribution in [-0.2, 0) is 12.7 Å². The molecule has 3 heterocycles. The highest BCUT2D eigenvalue weighted by molar-refractivity contribution is 5.43. The van der Waals surface area contributed by atoms with E-state index in [1.165, 1.54) is 0 Å². The van der Waals surface area contributed by atoms with E-state index in [4.69, 9.17) is 4.52 Å². The Kier molecular flexibility index (Phi) is 3.97. The average Bonchev–Trinajstić information content (AvgIpc) is 2.82. The number of hydrogen-bond donors (Lipinski definition) is 0. The lowest BCUT2D eigenvalue weighted by atomic mass is 10.1. The molecular formula is C14H16F3N5O. The second-order valence-electron chi connectivity index (χ2n) is 5.67. The van der Waals surface area contributed by atoms with Crippen LogP contribution in [0.3, 0.4) is 0 Å². The molecule has 0 spiro atoms. The minimum absolute atomic E-state index is 0.227. The molecule has 1 fully saturated rings. The summed E-state index contributed by atoms with van der Waals surface area (Å²) in [5.41, 5.74) is -0.0965. The van der Waals surface area contributed by atoms with Gasteiger partial charge in [0, 0.05) is 31.3 Å². The maximum Gasteiger partial charge on any atom is 0.433 e. The molecule has 6 nitrogen and oxygen atoms in total. The third-order valence-electron chi connectivity index (χ3n) is 3.83. The van der Waals surface area contributed by atoms with Crippen molar-refractivity contribution in [1.29, 1.82) is 0 Å². The largest absolute Gasteiger partial charge is 0.433 e. The van der Waals surface area contributed by atoms with E-state index in [-0.39, 0.29) is 6.04 Å². The molecule has 0 aliphatic carbocycles. The Morgan fingerprint density at radius 3 is 2.65 bits per heavy atom. The van der Waals surface area contributed by atoms with Crippen molar-refractivity contribution in [2.24, 2.45) is 0 Å². The predicted octanol–water partition coefficient (Wildman–Crippen LogP) is 2.11. The van der Waals surface area contributed by atoms with Crippen LogP contribution >= 0.6 is 0 Å². The Morgan fingerprint density at radius 1 is 1.30 bits per heavy atom. The molecule has 0 radical (unpaired) electrons. The van der Waals surface area contributed by atoms with Gasteiger partial charge in [0.15, 0.2) is 5.76 Å². The zero-order valence-electron chi connectivity index (χ0n) is 12.7. The SMILES string of the molecule is Cc1cc(CN(C)C2CN(c3cc(C(F)(F)F)ncn3)C2)on1. The van der Waals surface area contributed by atoms with E-state index in [2.05, 4.69) is 20.0 Å². The molecule has 1 aliphatic rings. The number of likely N-dealkylation sites (N-methyl/N-ethyl adjacent to an activating group) is 1. The molecule has 1 aliphatic heterocycles. The monoisotopic (exact) mass is 327 g/mol. The van der Waals surface area contributed by atoms with E-state index < -0.39 is 11.9 Å². The fourth-order valence-corrected chi connectivity index (χ4v) is 2.46. The van der Waals surface area contributed by atoms with Crippen LogP contribution in [-0.4, -0.2) is 46.2 Å². The van der Waals surface area contributed by atoms with Crippen LogP contribution in [0.25, 0.3) is 0 Å². The normalized spacial score (nSPS) is 16.0. The molecular weight excluding hydrogens is 311 g/mol. The van der Waals surface area contributed by atoms with E-state index in [9.17, 15) is 13.2 Å². The fraction of sp³-hybridized carbons (Fsp3) is 0.500. The first-order valence-electron chi connectivity index (χ1n) is 7.09. The second kappa shape index (κ2) is 5.80. The number of aryl methyl sites for hydroxylation is 1. The van der Waals surface area contributed by atoms with Crippen LogP contribution in [0.2, 0.25) is 0 Å². The summed E-state index contributed by atoms with van der Waals surface area (Å²) in [5, 5.41) is 3.83. The van der Waals surface area contributed by atoms with Gasteiger partial charge in [-0.1, -0.05) is 5.16 Å². The minimum Gasteiger partial charge on any atom is -0.360 e. The van der Waals surface area contributed by atoms with Gasteiger partial charge >= 0.3 is 6.18 Å². The Labute approximate surface area is 130 Å². The number of nitrogens with zero attached hydrogens (tertiary/aromatic N) is 5. The number of hydrogen-bond acceptors (Lipinski definition) is 6. The molecule has 0 amide bonds. The molecule has 2 aromatic rings. The highest BCUT2D eigenvalue weighted by Crippen LogP contribution is 2.30. The summed E-state index contributed by atoms with van der Waals surface area (Å²) in [5.74, 6) is 1.07. The van der Waals surface area contributed by atoms with E-state index in [1.54, 1.807) is 4.90 Å². The third-order valence-corrected chi connectivity index (χ3v) is 3.83. The van der Waals surface area contributed by atoms with Gasteiger partial charge in [-0.25, -0.2) is 9.97 Å². The van der Waals surface area contributed by atoms with Crippen LogP contribution in [0.4, 0.5) is 19.0 Å². The van der Waals surface area contributed by atoms with Gasteiger partial charge in [-0.3, -0.25) is 4.90 Å². The van der Waals surface area contributed by atoms with Crippen molar-refractivity contribution in [1.82, 2.24) is 20.0 Å². The summed E-state index contributed by atoms with van der Waals surface area (Å²) in [4.78, 5) is 11.1. The topological polar surface area (TPSA) is 58.3 Å². The number of anilines is 1. The van der Waals surface area contributed by atoms with Gasteiger partial charge in [0.25, 0.3) is 0 Å². The third kappa shape index (κ3) is 3.44. The highest BCUT2D eigenvalue weighted by Gasteiger charge is 2.36. The van der Waals surface area contributed by atoms with E-state index in [1.807, 2.05) is 20.0 Å². The Morgan fingerprint density at radius 2 is 2.04 bits per heavy atom. The van der Waals surface area contributed by atoms with Gasteiger partial charge in [-0.05, 0) is 14.0 Å². The van der Waals surface area contributed by atoms with E-state index >= 15 is 0 Å². The van der Waals surface area contributed by atoms with Gasteiger partial charge in [0.05, 0.1) is 12.2 Å².